The van der Waals surface area contributed by atoms with Crippen molar-refractivity contribution in [3.63, 3.8) is 0 Å². The smallest absolute Gasteiger partial charge is 0.233 e. The van der Waals surface area contributed by atoms with Gasteiger partial charge in [0.05, 0.1) is 11.8 Å². The Morgan fingerprint density at radius 3 is 2.55 bits per heavy atom. The molecule has 2 N–H and O–H groups in total. The predicted octanol–water partition coefficient (Wildman–Crippen LogP) is 4.18. The van der Waals surface area contributed by atoms with Crippen LogP contribution in [0.25, 0.3) is 22.8 Å². The minimum absolute atomic E-state index is 0. The number of pyridine rings is 1. The topological polar surface area (TPSA) is 106 Å². The maximum atomic E-state index is 10.4. The molecule has 1 unspecified atom stereocenters. The molecule has 166 valence electrons. The van der Waals surface area contributed by atoms with Crippen LogP contribution in [0.4, 0.5) is 0 Å². The van der Waals surface area contributed by atoms with Crippen LogP contribution in [0.1, 0.15) is 39.5 Å². The summed E-state index contributed by atoms with van der Waals surface area (Å²) in [7, 11) is 0. The molecule has 8 nitrogen and oxygen atoms in total. The van der Waals surface area contributed by atoms with Gasteiger partial charge in [0.1, 0.15) is 29.5 Å². The van der Waals surface area contributed by atoms with E-state index in [0.29, 0.717) is 28.7 Å². The second kappa shape index (κ2) is 8.61. The number of aromatic nitrogens is 4. The van der Waals surface area contributed by atoms with Crippen molar-refractivity contribution in [1.29, 1.82) is 0 Å². The van der Waals surface area contributed by atoms with Gasteiger partial charge < -0.3 is 19.6 Å². The highest BCUT2D eigenvalue weighted by molar-refractivity contribution is 5.85. The maximum absolute atomic E-state index is 10.4. The predicted molar refractivity (Wildman–Crippen MR) is 120 cm³/mol. The van der Waals surface area contributed by atoms with Gasteiger partial charge in [-0.25, -0.2) is 9.97 Å². The van der Waals surface area contributed by atoms with Gasteiger partial charge in [-0.1, -0.05) is 0 Å². The average Bonchev–Trinajstić information content (AvgIpc) is 3.17. The van der Waals surface area contributed by atoms with Crippen LogP contribution < -0.4 is 10.1 Å². The largest absolute Gasteiger partial charge is 0.506 e. The number of ether oxygens (including phenoxy) is 1. The summed E-state index contributed by atoms with van der Waals surface area (Å²) in [4.78, 5) is 8.35. The molecule has 2 aliphatic rings. The molecule has 3 aromatic rings. The molecule has 5 rings (SSSR count). The molecule has 10 heteroatoms. The third kappa shape index (κ3) is 4.92. The Morgan fingerprint density at radius 2 is 1.94 bits per heavy atom. The zero-order valence-electron chi connectivity index (χ0n) is 17.2. The van der Waals surface area contributed by atoms with Crippen LogP contribution in [0.15, 0.2) is 41.3 Å². The third-order valence-corrected chi connectivity index (χ3v) is 5.53. The Bertz CT molecular complexity index is 1020. The minimum Gasteiger partial charge on any atom is -0.506 e. The molecule has 1 spiro atoms. The third-order valence-electron chi connectivity index (χ3n) is 5.53. The molecular formula is C21H25Cl2N5O3. The summed E-state index contributed by atoms with van der Waals surface area (Å²) in [6, 6.07) is 5.08. The lowest BCUT2D eigenvalue weighted by Crippen LogP contribution is -2.56. The summed E-state index contributed by atoms with van der Waals surface area (Å²) in [5.41, 5.74) is 1.69. The number of oxazole rings is 1. The van der Waals surface area contributed by atoms with Crippen molar-refractivity contribution in [2.45, 2.75) is 56.7 Å². The number of nitrogens with one attached hydrogen (secondary N) is 1. The molecule has 0 aromatic carbocycles. The molecule has 0 radical (unpaired) electrons. The number of hydrogen-bond donors (Lipinski definition) is 2. The standard InChI is InChI=1S/C21H23N5O3.2ClH/c1-20(2)10-14(11-21(26-20)5-6-21)29-17-4-3-15(24-25-17)18-16(27)9-13(12-23-18)19-22-7-8-28-19;;/h3-4,7-9,12,14,26-27H,5-6,10-11H2,1-2H3;2*1H. The van der Waals surface area contributed by atoms with E-state index in [2.05, 4.69) is 39.3 Å². The van der Waals surface area contributed by atoms with Gasteiger partial charge in [0.25, 0.3) is 0 Å². The van der Waals surface area contributed by atoms with Crippen molar-refractivity contribution in [1.82, 2.24) is 25.5 Å². The lowest BCUT2D eigenvalue weighted by Gasteiger charge is -2.41. The van der Waals surface area contributed by atoms with E-state index in [9.17, 15) is 5.11 Å². The van der Waals surface area contributed by atoms with Crippen molar-refractivity contribution in [3.05, 3.63) is 36.9 Å². The van der Waals surface area contributed by atoms with Gasteiger partial charge in [-0.15, -0.1) is 35.0 Å². The molecule has 1 aliphatic heterocycles. The van der Waals surface area contributed by atoms with Gasteiger partial charge in [0.2, 0.25) is 11.8 Å². The second-order valence-corrected chi connectivity index (χ2v) is 8.62. The Balaban J connectivity index is 0.00000136. The Morgan fingerprint density at radius 1 is 1.13 bits per heavy atom. The van der Waals surface area contributed by atoms with Crippen molar-refractivity contribution in [2.24, 2.45) is 0 Å². The van der Waals surface area contributed by atoms with Gasteiger partial charge in [-0.3, -0.25) is 0 Å². The van der Waals surface area contributed by atoms with Gasteiger partial charge in [0.15, 0.2) is 0 Å². The number of halogens is 2. The van der Waals surface area contributed by atoms with Crippen LogP contribution in [0.5, 0.6) is 11.6 Å². The van der Waals surface area contributed by atoms with E-state index in [4.69, 9.17) is 9.15 Å². The van der Waals surface area contributed by atoms with Gasteiger partial charge in [-0.2, -0.15) is 0 Å². The van der Waals surface area contributed by atoms with Crippen LogP contribution in [-0.2, 0) is 0 Å². The molecule has 3 aromatic heterocycles. The SMILES string of the molecule is CC1(C)CC(Oc2ccc(-c3ncc(-c4ncco4)cc3O)nn2)CC2(CC2)N1.Cl.Cl. The van der Waals surface area contributed by atoms with E-state index in [1.165, 1.54) is 19.1 Å². The summed E-state index contributed by atoms with van der Waals surface area (Å²) in [6.45, 7) is 4.43. The lowest BCUT2D eigenvalue weighted by molar-refractivity contribution is 0.0737. The quantitative estimate of drug-likeness (QED) is 0.590. The fourth-order valence-electron chi connectivity index (χ4n) is 4.27. The van der Waals surface area contributed by atoms with Crippen LogP contribution in [0.2, 0.25) is 0 Å². The highest BCUT2D eigenvalue weighted by atomic mass is 35.5. The zero-order valence-corrected chi connectivity index (χ0v) is 18.9. The molecule has 4 heterocycles. The molecule has 1 aliphatic carbocycles. The summed E-state index contributed by atoms with van der Waals surface area (Å²) in [5.74, 6) is 0.870. The molecule has 1 saturated heterocycles. The lowest BCUT2D eigenvalue weighted by atomic mass is 9.85. The number of rotatable bonds is 4. The van der Waals surface area contributed by atoms with Crippen molar-refractivity contribution in [2.75, 3.05) is 0 Å². The summed E-state index contributed by atoms with van der Waals surface area (Å²) in [6.07, 6.45) is 9.02. The van der Waals surface area contributed by atoms with Crippen LogP contribution in [0, 0.1) is 0 Å². The number of nitrogens with zero attached hydrogens (tertiary/aromatic N) is 4. The Hall–Kier alpha value is -2.42. The van der Waals surface area contributed by atoms with Crippen molar-refractivity contribution < 1.29 is 14.3 Å². The molecule has 0 bridgehead atoms. The van der Waals surface area contributed by atoms with Gasteiger partial charge in [-0.05, 0) is 38.8 Å². The summed E-state index contributed by atoms with van der Waals surface area (Å²) >= 11 is 0. The first kappa shape index (κ1) is 23.2. The first-order valence-electron chi connectivity index (χ1n) is 9.80. The second-order valence-electron chi connectivity index (χ2n) is 8.62. The van der Waals surface area contributed by atoms with Crippen LogP contribution in [0.3, 0.4) is 0 Å². The minimum atomic E-state index is -0.0144. The van der Waals surface area contributed by atoms with E-state index in [-0.39, 0.29) is 47.7 Å². The van der Waals surface area contributed by atoms with E-state index in [1.807, 2.05) is 0 Å². The Labute approximate surface area is 192 Å². The fraction of sp³-hybridized carbons (Fsp3) is 0.429. The average molecular weight is 466 g/mol. The van der Waals surface area contributed by atoms with Crippen LogP contribution in [-0.4, -0.2) is 42.5 Å². The molecular weight excluding hydrogens is 441 g/mol. The molecule has 1 saturated carbocycles. The molecule has 0 amide bonds. The summed E-state index contributed by atoms with van der Waals surface area (Å²) < 4.78 is 11.4. The van der Waals surface area contributed by atoms with Gasteiger partial charge >= 0.3 is 0 Å². The van der Waals surface area contributed by atoms with E-state index in [1.54, 1.807) is 30.6 Å². The van der Waals surface area contributed by atoms with Crippen LogP contribution >= 0.6 is 24.8 Å². The van der Waals surface area contributed by atoms with Crippen molar-refractivity contribution in [3.8, 4) is 34.5 Å². The first-order chi connectivity index (χ1) is 13.9. The molecule has 2 fully saturated rings. The normalized spacial score (nSPS) is 20.4. The number of hydrogen-bond acceptors (Lipinski definition) is 8. The highest BCUT2D eigenvalue weighted by Crippen LogP contribution is 2.46. The molecule has 31 heavy (non-hydrogen) atoms. The first-order valence-corrected chi connectivity index (χ1v) is 9.80. The van der Waals surface area contributed by atoms with E-state index < -0.39 is 0 Å². The molecule has 1 atom stereocenters. The Kier molecular flexibility index (Phi) is 6.45. The summed E-state index contributed by atoms with van der Waals surface area (Å²) in [5, 5.41) is 22.5. The number of piperidine rings is 1. The van der Waals surface area contributed by atoms with E-state index >= 15 is 0 Å². The van der Waals surface area contributed by atoms with Crippen molar-refractivity contribution >= 4 is 24.8 Å². The number of aromatic hydroxyl groups is 1. The van der Waals surface area contributed by atoms with E-state index in [0.717, 1.165) is 12.8 Å². The maximum Gasteiger partial charge on any atom is 0.233 e. The monoisotopic (exact) mass is 465 g/mol. The van der Waals surface area contributed by atoms with Gasteiger partial charge in [0, 0.05) is 36.2 Å². The zero-order chi connectivity index (χ0) is 20.1. The fourth-order valence-corrected chi connectivity index (χ4v) is 4.27. The highest BCUT2D eigenvalue weighted by Gasteiger charge is 2.51.